The van der Waals surface area contributed by atoms with Crippen molar-refractivity contribution >= 4 is 17.8 Å². The zero-order chi connectivity index (χ0) is 25.1. The highest BCUT2D eigenvalue weighted by atomic mass is 19.1. The Balaban J connectivity index is 1.38. The van der Waals surface area contributed by atoms with Gasteiger partial charge in [0.15, 0.2) is 5.82 Å². The molecular weight excluding hydrogens is 454 g/mol. The van der Waals surface area contributed by atoms with E-state index in [-0.39, 0.29) is 30.0 Å². The molecule has 0 spiro atoms. The Bertz CT molecular complexity index is 1160. The molecule has 2 fully saturated rings. The van der Waals surface area contributed by atoms with Crippen LogP contribution in [0.1, 0.15) is 62.2 Å². The normalized spacial score (nSPS) is 23.5. The van der Waals surface area contributed by atoms with Gasteiger partial charge in [-0.1, -0.05) is 13.8 Å². The van der Waals surface area contributed by atoms with Crippen LogP contribution in [0.5, 0.6) is 0 Å². The summed E-state index contributed by atoms with van der Waals surface area (Å²) >= 11 is 0. The second-order valence-electron chi connectivity index (χ2n) is 10.7. The molecule has 3 amide bonds. The van der Waals surface area contributed by atoms with Crippen molar-refractivity contribution in [2.45, 2.75) is 64.7 Å². The first kappa shape index (κ1) is 23.7. The monoisotopic (exact) mass is 486 g/mol. The Kier molecular flexibility index (Phi) is 5.82. The van der Waals surface area contributed by atoms with Gasteiger partial charge in [0.2, 0.25) is 0 Å². The molecule has 4 heterocycles. The zero-order valence-corrected chi connectivity index (χ0v) is 20.6. The summed E-state index contributed by atoms with van der Waals surface area (Å²) in [5.74, 6) is -1.85. The van der Waals surface area contributed by atoms with Crippen molar-refractivity contribution in [3.63, 3.8) is 0 Å². The maximum atomic E-state index is 14.1. The van der Waals surface area contributed by atoms with Crippen LogP contribution in [0.2, 0.25) is 0 Å². The molecule has 5 rings (SSSR count). The molecule has 1 aromatic heterocycles. The number of hydrogen-bond acceptors (Lipinski definition) is 4. The highest BCUT2D eigenvalue weighted by molar-refractivity contribution is 6.04. The number of hydrogen-bond donors (Lipinski definition) is 2. The van der Waals surface area contributed by atoms with E-state index in [4.69, 9.17) is 0 Å². The number of nitrogens with one attached hydrogen (secondary N) is 2. The van der Waals surface area contributed by atoms with Crippen LogP contribution in [0.25, 0.3) is 0 Å². The van der Waals surface area contributed by atoms with Crippen LogP contribution in [0.4, 0.5) is 19.4 Å². The smallest absolute Gasteiger partial charge is 0.319 e. The van der Waals surface area contributed by atoms with E-state index in [1.165, 1.54) is 6.42 Å². The number of anilines is 1. The fraction of sp³-hybridized carbons (Fsp3) is 0.560. The lowest BCUT2D eigenvalue weighted by atomic mass is 9.97. The van der Waals surface area contributed by atoms with E-state index in [0.29, 0.717) is 30.1 Å². The van der Waals surface area contributed by atoms with Crippen LogP contribution in [0, 0.1) is 17.6 Å². The fourth-order valence-corrected chi connectivity index (χ4v) is 5.76. The minimum atomic E-state index is -0.947. The summed E-state index contributed by atoms with van der Waals surface area (Å²) in [5.41, 5.74) is 0.487. The molecule has 10 heteroatoms. The number of benzene rings is 1. The molecule has 0 bridgehead atoms. The lowest BCUT2D eigenvalue weighted by molar-refractivity contribution is 0.0252. The third-order valence-electron chi connectivity index (χ3n) is 7.85. The van der Waals surface area contributed by atoms with E-state index < -0.39 is 23.1 Å². The van der Waals surface area contributed by atoms with Gasteiger partial charge in [0.05, 0.1) is 23.3 Å². The molecule has 188 valence electrons. The largest absolute Gasteiger partial charge is 0.321 e. The van der Waals surface area contributed by atoms with Crippen LogP contribution in [0.15, 0.2) is 18.2 Å². The van der Waals surface area contributed by atoms with Crippen molar-refractivity contribution < 1.29 is 18.4 Å². The molecule has 0 unspecified atom stereocenters. The number of fused-ring (bicyclic) bond motifs is 2. The molecule has 2 saturated heterocycles. The molecule has 0 radical (unpaired) electrons. The van der Waals surface area contributed by atoms with E-state index >= 15 is 0 Å². The quantitative estimate of drug-likeness (QED) is 0.689. The lowest BCUT2D eigenvalue weighted by Gasteiger charge is -2.48. The molecule has 1 aromatic carbocycles. The van der Waals surface area contributed by atoms with Crippen molar-refractivity contribution in [2.75, 3.05) is 25.0 Å². The molecular formula is C25H32F2N6O2. The number of carbonyl (C=O) groups excluding carboxylic acids is 2. The number of rotatable bonds is 3. The van der Waals surface area contributed by atoms with E-state index in [1.807, 2.05) is 23.6 Å². The molecule has 2 aromatic rings. The minimum absolute atomic E-state index is 0.0216. The van der Waals surface area contributed by atoms with Crippen LogP contribution in [-0.4, -0.2) is 68.6 Å². The van der Waals surface area contributed by atoms with Crippen LogP contribution in [0.3, 0.4) is 0 Å². The van der Waals surface area contributed by atoms with Gasteiger partial charge in [-0.3, -0.25) is 14.8 Å². The van der Waals surface area contributed by atoms with Crippen molar-refractivity contribution in [2.24, 2.45) is 5.92 Å². The Morgan fingerprint density at radius 3 is 2.71 bits per heavy atom. The van der Waals surface area contributed by atoms with Gasteiger partial charge in [-0.25, -0.2) is 13.6 Å². The molecule has 0 aliphatic carbocycles. The Hall–Kier alpha value is -3.01. The summed E-state index contributed by atoms with van der Waals surface area (Å²) in [5, 5.41) is 9.84. The second-order valence-corrected chi connectivity index (χ2v) is 10.7. The number of urea groups is 1. The second kappa shape index (κ2) is 8.58. The summed E-state index contributed by atoms with van der Waals surface area (Å²) in [6.45, 7) is 11.2. The summed E-state index contributed by atoms with van der Waals surface area (Å²) in [6.07, 6.45) is 2.28. The number of amides is 3. The van der Waals surface area contributed by atoms with Gasteiger partial charge >= 0.3 is 6.03 Å². The van der Waals surface area contributed by atoms with Gasteiger partial charge in [-0.2, -0.15) is 5.10 Å². The van der Waals surface area contributed by atoms with Crippen LogP contribution >= 0.6 is 0 Å². The molecule has 3 aliphatic heterocycles. The summed E-state index contributed by atoms with van der Waals surface area (Å²) in [4.78, 5) is 33.0. The highest BCUT2D eigenvalue weighted by Crippen LogP contribution is 2.42. The van der Waals surface area contributed by atoms with Crippen molar-refractivity contribution in [3.05, 3.63) is 46.7 Å². The predicted octanol–water partition coefficient (Wildman–Crippen LogP) is 3.92. The van der Waals surface area contributed by atoms with Gasteiger partial charge in [-0.05, 0) is 51.3 Å². The molecule has 8 nitrogen and oxygen atoms in total. The third kappa shape index (κ3) is 3.97. The number of aromatic nitrogens is 2. The van der Waals surface area contributed by atoms with Gasteiger partial charge in [0, 0.05) is 36.8 Å². The van der Waals surface area contributed by atoms with Gasteiger partial charge in [-0.15, -0.1) is 0 Å². The minimum Gasteiger partial charge on any atom is -0.319 e. The molecule has 35 heavy (non-hydrogen) atoms. The number of nitrogens with zero attached hydrogens (tertiary/aromatic N) is 4. The van der Waals surface area contributed by atoms with E-state index in [1.54, 1.807) is 0 Å². The van der Waals surface area contributed by atoms with Crippen LogP contribution < -0.4 is 5.32 Å². The number of aromatic amines is 1. The highest BCUT2D eigenvalue weighted by Gasteiger charge is 2.48. The summed E-state index contributed by atoms with van der Waals surface area (Å²) < 4.78 is 27.3. The fourth-order valence-electron chi connectivity index (χ4n) is 5.76. The maximum Gasteiger partial charge on any atom is 0.321 e. The maximum absolute atomic E-state index is 14.1. The summed E-state index contributed by atoms with van der Waals surface area (Å²) in [7, 11) is 0. The standard InChI is InChI=1S/C25H32F2N6O2/c1-14(2)20-13-31-9-5-6-16(31)11-32(20)24(35)33-12-18-21(25(33,3)4)29-30-22(18)28-23(34)17-8-7-15(26)10-19(17)27/h7-8,10,14,16,20H,5-6,9,11-13H2,1-4H3,(H2,28,29,30,34)/t16-,20+/m0/s1. The molecule has 2 N–H and O–H groups in total. The average Bonchev–Trinajstić information content (AvgIpc) is 3.48. The first-order valence-corrected chi connectivity index (χ1v) is 12.2. The van der Waals surface area contributed by atoms with Gasteiger partial charge < -0.3 is 15.1 Å². The Morgan fingerprint density at radius 1 is 1.23 bits per heavy atom. The number of carbonyl (C=O) groups is 2. The molecule has 0 saturated carbocycles. The van der Waals surface area contributed by atoms with Crippen molar-refractivity contribution in [3.8, 4) is 0 Å². The molecule has 3 aliphatic rings. The Morgan fingerprint density at radius 2 is 2.00 bits per heavy atom. The number of halogens is 2. The first-order chi connectivity index (χ1) is 16.6. The van der Waals surface area contributed by atoms with Gasteiger partial charge in [0.25, 0.3) is 5.91 Å². The van der Waals surface area contributed by atoms with Crippen LogP contribution in [-0.2, 0) is 12.1 Å². The predicted molar refractivity (Wildman–Crippen MR) is 127 cm³/mol. The van der Waals surface area contributed by atoms with E-state index in [2.05, 4.69) is 34.3 Å². The zero-order valence-electron chi connectivity index (χ0n) is 20.6. The SMILES string of the molecule is CC(C)[C@H]1CN2CCC[C@H]2CN1C(=O)N1Cc2c(NC(=O)c3ccc(F)cc3F)n[nH]c2C1(C)C. The van der Waals surface area contributed by atoms with E-state index in [9.17, 15) is 18.4 Å². The topological polar surface area (TPSA) is 84.6 Å². The Labute approximate surface area is 203 Å². The summed E-state index contributed by atoms with van der Waals surface area (Å²) in [6, 6.07) is 3.31. The average molecular weight is 487 g/mol. The number of piperazine rings is 1. The van der Waals surface area contributed by atoms with Crippen molar-refractivity contribution in [1.82, 2.24) is 24.9 Å². The van der Waals surface area contributed by atoms with Crippen molar-refractivity contribution in [1.29, 1.82) is 0 Å². The molecule has 2 atom stereocenters. The first-order valence-electron chi connectivity index (χ1n) is 12.2. The van der Waals surface area contributed by atoms with E-state index in [0.717, 1.165) is 37.3 Å². The number of H-pyrrole nitrogens is 1. The van der Waals surface area contributed by atoms with Gasteiger partial charge in [0.1, 0.15) is 11.6 Å². The lowest BCUT2D eigenvalue weighted by Crippen LogP contribution is -2.62. The third-order valence-corrected chi connectivity index (χ3v) is 7.85.